The van der Waals surface area contributed by atoms with Crippen molar-refractivity contribution in [2.24, 2.45) is 0 Å². The Kier molecular flexibility index (Phi) is 2.02. The summed E-state index contributed by atoms with van der Waals surface area (Å²) in [6, 6.07) is 1.17. The molecular formula is C8H8FNO3. The Labute approximate surface area is 73.9 Å². The Morgan fingerprint density at radius 3 is 3.00 bits per heavy atom. The molecule has 1 aromatic heterocycles. The van der Waals surface area contributed by atoms with Crippen LogP contribution >= 0.6 is 0 Å². The van der Waals surface area contributed by atoms with E-state index in [9.17, 15) is 4.39 Å². The van der Waals surface area contributed by atoms with E-state index in [2.05, 4.69) is 4.98 Å². The molecule has 1 N–H and O–H groups in total. The fourth-order valence-corrected chi connectivity index (χ4v) is 1.10. The lowest BCUT2D eigenvalue weighted by molar-refractivity contribution is 0.160. The van der Waals surface area contributed by atoms with E-state index < -0.39 is 12.4 Å². The predicted octanol–water partition coefficient (Wildman–Crippen LogP) is 0.484. The van der Waals surface area contributed by atoms with Crippen molar-refractivity contribution in [3.05, 3.63) is 17.6 Å². The largest absolute Gasteiger partial charge is 0.484 e. The number of aliphatic hydroxyl groups is 1. The normalized spacial score (nSPS) is 14.3. The third-order valence-electron chi connectivity index (χ3n) is 1.71. The van der Waals surface area contributed by atoms with Crippen molar-refractivity contribution >= 4 is 0 Å². The maximum atomic E-state index is 13.0. The fourth-order valence-electron chi connectivity index (χ4n) is 1.10. The van der Waals surface area contributed by atoms with Gasteiger partial charge in [-0.15, -0.1) is 0 Å². The van der Waals surface area contributed by atoms with E-state index >= 15 is 0 Å². The highest BCUT2D eigenvalue weighted by Crippen LogP contribution is 2.29. The van der Waals surface area contributed by atoms with Crippen molar-refractivity contribution < 1.29 is 19.0 Å². The number of halogens is 1. The zero-order valence-electron chi connectivity index (χ0n) is 6.79. The summed E-state index contributed by atoms with van der Waals surface area (Å²) in [7, 11) is 0. The third kappa shape index (κ3) is 1.42. The number of nitrogens with zero attached hydrogens (tertiary/aromatic N) is 1. The van der Waals surface area contributed by atoms with Crippen LogP contribution in [0.5, 0.6) is 11.6 Å². The highest BCUT2D eigenvalue weighted by atomic mass is 19.1. The number of aliphatic hydroxyl groups excluding tert-OH is 1. The van der Waals surface area contributed by atoms with Gasteiger partial charge in [-0.25, -0.2) is 9.37 Å². The minimum absolute atomic E-state index is 0.0238. The molecule has 0 saturated heterocycles. The Morgan fingerprint density at radius 1 is 1.46 bits per heavy atom. The third-order valence-corrected chi connectivity index (χ3v) is 1.71. The molecule has 5 heteroatoms. The zero-order chi connectivity index (χ0) is 9.26. The molecular weight excluding hydrogens is 177 g/mol. The molecule has 1 aliphatic rings. The topological polar surface area (TPSA) is 51.6 Å². The van der Waals surface area contributed by atoms with Gasteiger partial charge in [0.1, 0.15) is 18.9 Å². The quantitative estimate of drug-likeness (QED) is 0.691. The minimum Gasteiger partial charge on any atom is -0.484 e. The molecule has 4 nitrogen and oxygen atoms in total. The van der Waals surface area contributed by atoms with E-state index in [1.54, 1.807) is 0 Å². The van der Waals surface area contributed by atoms with Gasteiger partial charge < -0.3 is 14.6 Å². The number of pyridine rings is 1. The lowest BCUT2D eigenvalue weighted by Gasteiger charge is -2.17. The highest BCUT2D eigenvalue weighted by molar-refractivity contribution is 5.36. The van der Waals surface area contributed by atoms with E-state index in [4.69, 9.17) is 14.6 Å². The molecule has 0 bridgehead atoms. The molecule has 0 aliphatic carbocycles. The van der Waals surface area contributed by atoms with E-state index in [1.807, 2.05) is 0 Å². The van der Waals surface area contributed by atoms with Gasteiger partial charge >= 0.3 is 0 Å². The van der Waals surface area contributed by atoms with E-state index in [-0.39, 0.29) is 11.6 Å². The minimum atomic E-state index is -0.577. The van der Waals surface area contributed by atoms with Gasteiger partial charge in [0.25, 0.3) is 5.88 Å². The first-order valence-corrected chi connectivity index (χ1v) is 3.87. The predicted molar refractivity (Wildman–Crippen MR) is 41.1 cm³/mol. The number of hydrogen-bond donors (Lipinski definition) is 1. The summed E-state index contributed by atoms with van der Waals surface area (Å²) >= 11 is 0. The van der Waals surface area contributed by atoms with Gasteiger partial charge in [0.15, 0.2) is 11.6 Å². The molecule has 2 rings (SSSR count). The first-order valence-electron chi connectivity index (χ1n) is 3.87. The standard InChI is InChI=1S/C8H8FNO3/c9-5-3-7-8(10-6(5)4-11)13-2-1-12-7/h3,11H,1-2,4H2. The van der Waals surface area contributed by atoms with Crippen molar-refractivity contribution in [3.63, 3.8) is 0 Å². The zero-order valence-corrected chi connectivity index (χ0v) is 6.79. The van der Waals surface area contributed by atoms with Gasteiger partial charge in [0.05, 0.1) is 6.61 Å². The molecule has 0 unspecified atom stereocenters. The molecule has 1 aliphatic heterocycles. The van der Waals surface area contributed by atoms with Crippen molar-refractivity contribution in [3.8, 4) is 11.6 Å². The Morgan fingerprint density at radius 2 is 2.23 bits per heavy atom. The van der Waals surface area contributed by atoms with E-state index in [1.165, 1.54) is 6.07 Å². The van der Waals surface area contributed by atoms with Crippen LogP contribution in [-0.4, -0.2) is 23.3 Å². The molecule has 0 spiro atoms. The number of rotatable bonds is 1. The molecule has 2 heterocycles. The van der Waals surface area contributed by atoms with Crippen LogP contribution in [0.3, 0.4) is 0 Å². The van der Waals surface area contributed by atoms with Gasteiger partial charge in [0, 0.05) is 6.07 Å². The van der Waals surface area contributed by atoms with Gasteiger partial charge in [-0.2, -0.15) is 0 Å². The second-order valence-electron chi connectivity index (χ2n) is 2.58. The van der Waals surface area contributed by atoms with Crippen LogP contribution in [0.4, 0.5) is 4.39 Å². The van der Waals surface area contributed by atoms with E-state index in [0.717, 1.165) is 0 Å². The molecule has 13 heavy (non-hydrogen) atoms. The Bertz CT molecular complexity index is 329. The smallest absolute Gasteiger partial charge is 0.257 e. The van der Waals surface area contributed by atoms with Crippen molar-refractivity contribution in [1.82, 2.24) is 4.98 Å². The number of fused-ring (bicyclic) bond motifs is 1. The lowest BCUT2D eigenvalue weighted by Crippen LogP contribution is -2.17. The van der Waals surface area contributed by atoms with Gasteiger partial charge in [-0.1, -0.05) is 0 Å². The monoisotopic (exact) mass is 185 g/mol. The molecule has 0 amide bonds. The van der Waals surface area contributed by atoms with Crippen LogP contribution in [0.15, 0.2) is 6.07 Å². The van der Waals surface area contributed by atoms with Gasteiger partial charge in [-0.05, 0) is 0 Å². The van der Waals surface area contributed by atoms with Gasteiger partial charge in [-0.3, -0.25) is 0 Å². The van der Waals surface area contributed by atoms with Crippen LogP contribution in [0.1, 0.15) is 5.69 Å². The van der Waals surface area contributed by atoms with Crippen LogP contribution in [0.25, 0.3) is 0 Å². The summed E-state index contributed by atoms with van der Waals surface area (Å²) in [6.45, 7) is 0.353. The highest BCUT2D eigenvalue weighted by Gasteiger charge is 2.16. The van der Waals surface area contributed by atoms with Crippen molar-refractivity contribution in [2.75, 3.05) is 13.2 Å². The van der Waals surface area contributed by atoms with Crippen LogP contribution in [0.2, 0.25) is 0 Å². The number of hydrogen-bond acceptors (Lipinski definition) is 4. The summed E-state index contributed by atoms with van der Waals surface area (Å²) in [6.07, 6.45) is 0. The summed E-state index contributed by atoms with van der Waals surface area (Å²) in [4.78, 5) is 3.76. The Balaban J connectivity index is 2.44. The average Bonchev–Trinajstić information content (AvgIpc) is 2.17. The second-order valence-corrected chi connectivity index (χ2v) is 2.58. The summed E-state index contributed by atoms with van der Waals surface area (Å²) < 4.78 is 23.2. The second kappa shape index (κ2) is 3.18. The van der Waals surface area contributed by atoms with Crippen molar-refractivity contribution in [2.45, 2.75) is 6.61 Å². The van der Waals surface area contributed by atoms with Crippen LogP contribution in [0, 0.1) is 5.82 Å². The maximum Gasteiger partial charge on any atom is 0.257 e. The van der Waals surface area contributed by atoms with Crippen LogP contribution < -0.4 is 9.47 Å². The molecule has 70 valence electrons. The fraction of sp³-hybridized carbons (Fsp3) is 0.375. The van der Waals surface area contributed by atoms with Crippen molar-refractivity contribution in [1.29, 1.82) is 0 Å². The first-order chi connectivity index (χ1) is 6.31. The number of ether oxygens (including phenoxy) is 2. The van der Waals surface area contributed by atoms with Crippen LogP contribution in [-0.2, 0) is 6.61 Å². The number of aromatic nitrogens is 1. The average molecular weight is 185 g/mol. The molecule has 0 fully saturated rings. The van der Waals surface area contributed by atoms with E-state index in [0.29, 0.717) is 19.0 Å². The maximum absolute atomic E-state index is 13.0. The summed E-state index contributed by atoms with van der Waals surface area (Å²) in [5, 5.41) is 8.72. The molecule has 0 atom stereocenters. The van der Waals surface area contributed by atoms with Gasteiger partial charge in [0.2, 0.25) is 0 Å². The Hall–Kier alpha value is -1.36. The molecule has 1 aromatic rings. The summed E-state index contributed by atoms with van der Waals surface area (Å²) in [5.41, 5.74) is -0.0238. The summed E-state index contributed by atoms with van der Waals surface area (Å²) in [5.74, 6) is -0.0376. The molecule has 0 radical (unpaired) electrons. The molecule has 0 saturated carbocycles. The lowest BCUT2D eigenvalue weighted by atomic mass is 10.3. The SMILES string of the molecule is OCc1nc2c(cc1F)OCCO2. The molecule has 0 aromatic carbocycles. The first kappa shape index (κ1) is 8.25.